The topological polar surface area (TPSA) is 383 Å². The summed E-state index contributed by atoms with van der Waals surface area (Å²) >= 11 is 5.54. The Morgan fingerprint density at radius 3 is 1.34 bits per heavy atom. The molecule has 134 heavy (non-hydrogen) atoms. The lowest BCUT2D eigenvalue weighted by molar-refractivity contribution is -0.140. The summed E-state index contributed by atoms with van der Waals surface area (Å²) in [6, 6.07) is 44.2. The van der Waals surface area contributed by atoms with E-state index in [4.69, 9.17) is 25.4 Å². The normalized spacial score (nSPS) is 18.2. The van der Waals surface area contributed by atoms with Crippen LogP contribution < -0.4 is 51.9 Å². The molecule has 9 aromatic heterocycles. The average molecular weight is 1920 g/mol. The number of rotatable bonds is 27. The van der Waals surface area contributed by atoms with E-state index in [1.165, 1.54) is 66.0 Å². The third kappa shape index (κ3) is 21.7. The van der Waals surface area contributed by atoms with E-state index >= 15 is 0 Å². The van der Waals surface area contributed by atoms with Crippen molar-refractivity contribution >= 4 is 145 Å². The molecule has 5 saturated heterocycles. The van der Waals surface area contributed by atoms with Crippen molar-refractivity contribution in [1.82, 2.24) is 95.4 Å². The molecule has 0 atom stereocenters. The number of fused-ring (bicyclic) bond motifs is 2. The number of aromatic amines is 4. The van der Waals surface area contributed by atoms with Crippen LogP contribution in [0.4, 0.5) is 108 Å². The van der Waals surface area contributed by atoms with Gasteiger partial charge in [0.2, 0.25) is 0 Å². The van der Waals surface area contributed by atoms with Crippen molar-refractivity contribution < 1.29 is 53.8 Å². The SMILES string of the molecule is Cc1cc(Nc2cc(N3CC(F)(C4CC4)C3)nc(Sc3ccc(N)cc3)n2)n[nH]1.Cc1cc(Nc2cc(N3CC(F)(C4CC4)C3)nc(Sc3ccc(NC4CC4)cc3)n2)n[nH]1.Cc1cc(Nc2cc(N3CC(N4CCOCC4)C3)nc(Sc3ccc4c(c3)CN(CC(F)(F)F)C4=O)n2)n[nH]1.Cc1ccc2cc(Sc3nc(Nc4cc(C)[nH]n4)cc(N4CC(O)(C5CC5)C4)n3)cc(F)c2n1.[HH].[HH].[HH].[HH].[HH].[HH].[HH].[HH].[HH]. The number of anilines is 14. The quantitative estimate of drug-likeness (QED) is 0.0129. The van der Waals surface area contributed by atoms with Crippen molar-refractivity contribution in [2.45, 2.75) is 168 Å². The van der Waals surface area contributed by atoms with Gasteiger partial charge in [-0.3, -0.25) is 35.1 Å². The van der Waals surface area contributed by atoms with Gasteiger partial charge in [0.05, 0.1) is 52.5 Å². The number of alkyl halides is 5. The Balaban J connectivity index is 0.000000179. The number of morpholine rings is 1. The predicted molar refractivity (Wildman–Crippen MR) is 524 cm³/mol. The molecular formula is C92H117F6N29O3S4. The molecule has 4 aromatic carbocycles. The molecule has 42 heteroatoms. The van der Waals surface area contributed by atoms with Crippen molar-refractivity contribution in [2.24, 2.45) is 17.8 Å². The minimum absolute atomic E-state index is 0. The van der Waals surface area contributed by atoms with Gasteiger partial charge in [-0.2, -0.15) is 33.6 Å². The largest absolute Gasteiger partial charge is 0.406 e. The first kappa shape index (κ1) is 89.6. The Bertz CT molecular complexity index is 6490. The Kier molecular flexibility index (Phi) is 24.9. The number of hydrogen-bond donors (Lipinski definition) is 11. The van der Waals surface area contributed by atoms with Gasteiger partial charge in [-0.1, -0.05) is 6.07 Å². The predicted octanol–water partition coefficient (Wildman–Crippen LogP) is 18.9. The Hall–Kier alpha value is -12.2. The lowest BCUT2D eigenvalue weighted by Crippen LogP contribution is -2.63. The van der Waals surface area contributed by atoms with E-state index in [2.05, 4.69) is 136 Å². The lowest BCUT2D eigenvalue weighted by atomic mass is 9.89. The molecule has 0 unspecified atom stereocenters. The van der Waals surface area contributed by atoms with Gasteiger partial charge in [-0.25, -0.2) is 53.0 Å². The number of nitrogen functional groups attached to an aromatic ring is 1. The number of carbonyl (C=O) groups excluding carboxylic acids is 1. The van der Waals surface area contributed by atoms with Crippen molar-refractivity contribution in [3.63, 3.8) is 0 Å². The second kappa shape index (κ2) is 37.2. The molecule has 12 N–H and O–H groups in total. The summed E-state index contributed by atoms with van der Waals surface area (Å²) in [4.78, 5) is 69.3. The first-order valence-electron chi connectivity index (χ1n) is 44.7. The second-order valence-electron chi connectivity index (χ2n) is 36.0. The van der Waals surface area contributed by atoms with E-state index in [0.29, 0.717) is 152 Å². The lowest BCUT2D eigenvalue weighted by Gasteiger charge is -2.47. The molecule has 4 aliphatic carbocycles. The minimum Gasteiger partial charge on any atom is -0.399 e. The van der Waals surface area contributed by atoms with Crippen LogP contribution in [-0.2, 0) is 11.3 Å². The van der Waals surface area contributed by atoms with E-state index in [1.807, 2.05) is 135 Å². The molecule has 15 heterocycles. The zero-order valence-electron chi connectivity index (χ0n) is 74.0. The van der Waals surface area contributed by atoms with Gasteiger partial charge < -0.3 is 66.7 Å². The number of aryl methyl sites for hydroxylation is 5. The van der Waals surface area contributed by atoms with Gasteiger partial charge in [-0.05, 0) is 241 Å². The number of aliphatic hydroxyl groups is 1. The van der Waals surface area contributed by atoms with E-state index in [1.54, 1.807) is 18.2 Å². The van der Waals surface area contributed by atoms with Gasteiger partial charge in [0.25, 0.3) is 5.91 Å². The number of β-amino-alcohol motifs (C(OH)–C–C–N with tert-alkyl or cyclic N) is 1. The standard InChI is InChI=1S/C25H27F3N8O2S.C24H24FN7OS.C23H26FN7S.C20H22FN7S.9H2/c1-15-8-21(33-32-15)29-20-10-22(35-12-17(13-35)34-4-6-38-7-5-34)31-24(30-20)39-18-2-3-19-16(9-18)11-36(23(19)37)14-25(26,27)28;1-13-3-4-15-8-17(9-18(25)22(15)26-13)34-23-28-19(27-20-7-14(2)30-31-20)10-21(29-23)32-11-24(33,12-32)16-5-6-16;1-14-10-20(30-29-14)26-19-11-21(31-12-23(24,13-31)15-2-3-15)28-22(27-19)32-18-8-6-17(7-9-18)25-16-4-5-16;1-12-8-17(27-26-12)23-16-9-18(28-10-20(21,11-28)13-2-3-13)25-19(24-16)29-15-6-4-14(22)5-7-15;;;;;;;;;/h2-3,8-10,17H,4-7,11-14H2,1H3,(H2,29,30,31,32,33);3-4,7-10,16,33H,5-6,11-12H2,1-2H3,(H2,27,28,29,30,31);6-11,15-16,25H,2-5,12-13H2,1H3,(H2,26,27,28,29,30);4-9,13H,2-3,10-11,22H2,1H3,(H2,23,24,25,26,27);9*1H. The summed E-state index contributed by atoms with van der Waals surface area (Å²) < 4.78 is 88.7. The maximum absolute atomic E-state index is 14.9. The highest BCUT2D eigenvalue weighted by atomic mass is 32.2. The summed E-state index contributed by atoms with van der Waals surface area (Å²) in [5.41, 5.74) is 10.6. The van der Waals surface area contributed by atoms with Crippen molar-refractivity contribution in [2.75, 3.05) is 137 Å². The summed E-state index contributed by atoms with van der Waals surface area (Å²) in [6.45, 7) is 16.0. The number of nitrogens with two attached hydrogens (primary N) is 1. The molecule has 0 radical (unpaired) electrons. The summed E-state index contributed by atoms with van der Waals surface area (Å²) in [5.74, 6) is 7.91. The van der Waals surface area contributed by atoms with Gasteiger partial charge >= 0.3 is 6.18 Å². The van der Waals surface area contributed by atoms with Crippen LogP contribution in [0, 0.1) is 58.2 Å². The highest BCUT2D eigenvalue weighted by Gasteiger charge is 2.56. The van der Waals surface area contributed by atoms with Gasteiger partial charge in [0.15, 0.2) is 49.7 Å². The third-order valence-electron chi connectivity index (χ3n) is 24.7. The van der Waals surface area contributed by atoms with Gasteiger partial charge in [0, 0.05) is 177 Å². The molecule has 1 amide bonds. The fraction of sp³-hybridized carbons (Fsp3) is 0.391. The average Bonchev–Trinajstić information content (AvgIpc) is 1.62. The van der Waals surface area contributed by atoms with E-state index in [-0.39, 0.29) is 37.0 Å². The fourth-order valence-electron chi connectivity index (χ4n) is 17.0. The monoisotopic (exact) mass is 1920 g/mol. The van der Waals surface area contributed by atoms with Crippen LogP contribution in [0.5, 0.6) is 0 Å². The number of benzene rings is 4. The first-order chi connectivity index (χ1) is 64.5. The van der Waals surface area contributed by atoms with E-state index in [9.17, 15) is 36.2 Å². The third-order valence-corrected chi connectivity index (χ3v) is 28.2. The van der Waals surface area contributed by atoms with Gasteiger partial charge in [-0.15, -0.1) is 0 Å². The maximum atomic E-state index is 14.9. The zero-order chi connectivity index (χ0) is 92.3. The number of pyridine rings is 1. The molecule has 10 aliphatic rings. The number of ether oxygens (including phenoxy) is 1. The Morgan fingerprint density at radius 2 is 0.910 bits per heavy atom. The highest BCUT2D eigenvalue weighted by molar-refractivity contribution is 8.00. The molecule has 0 spiro atoms. The summed E-state index contributed by atoms with van der Waals surface area (Å²) in [6.07, 6.45) is 4.23. The van der Waals surface area contributed by atoms with E-state index in [0.717, 1.165) is 160 Å². The summed E-state index contributed by atoms with van der Waals surface area (Å²) in [7, 11) is 0. The number of nitrogens with zero attached hydrogens (tertiary/aromatic N) is 19. The number of amides is 1. The van der Waals surface area contributed by atoms with Crippen LogP contribution in [0.2, 0.25) is 0 Å². The molecule has 6 aliphatic heterocycles. The number of nitrogens with one attached hydrogen (secondary N) is 9. The van der Waals surface area contributed by atoms with Crippen LogP contribution in [-0.4, -0.2) is 227 Å². The Morgan fingerprint density at radius 1 is 0.485 bits per heavy atom. The molecule has 13 aromatic rings. The molecule has 23 rings (SSSR count). The number of hydrogen-bond acceptors (Lipinski definition) is 31. The van der Waals surface area contributed by atoms with Crippen molar-refractivity contribution in [3.8, 4) is 0 Å². The zero-order valence-corrected chi connectivity index (χ0v) is 77.2. The maximum Gasteiger partial charge on any atom is 0.406 e. The first-order valence-corrected chi connectivity index (χ1v) is 47.9. The molecular weight excluding hydrogens is 1800 g/mol. The fourth-order valence-corrected chi connectivity index (χ4v) is 20.2. The van der Waals surface area contributed by atoms with Crippen LogP contribution >= 0.6 is 47.0 Å². The van der Waals surface area contributed by atoms with Gasteiger partial charge in [0.1, 0.15) is 75.5 Å². The van der Waals surface area contributed by atoms with Crippen molar-refractivity contribution in [1.29, 1.82) is 0 Å². The molecule has 714 valence electrons. The number of H-pyrrole nitrogens is 4. The molecule has 4 saturated carbocycles. The number of aromatic nitrogens is 17. The molecule has 9 fully saturated rings. The smallest absolute Gasteiger partial charge is 0.399 e. The minimum atomic E-state index is -4.45. The van der Waals surface area contributed by atoms with Crippen molar-refractivity contribution in [3.05, 3.63) is 185 Å². The number of halogens is 6. The van der Waals surface area contributed by atoms with E-state index < -0.39 is 35.6 Å². The summed E-state index contributed by atoms with van der Waals surface area (Å²) in [5, 5.41) is 58.6. The second-order valence-corrected chi connectivity index (χ2v) is 40.2. The molecule has 0 bridgehead atoms. The van der Waals surface area contributed by atoms with Crippen LogP contribution in [0.1, 0.15) is 109 Å². The molecule has 32 nitrogen and oxygen atoms in total. The Labute approximate surface area is 797 Å². The highest BCUT2D eigenvalue weighted by Crippen LogP contribution is 2.51. The van der Waals surface area contributed by atoms with Crippen LogP contribution in [0.3, 0.4) is 0 Å². The van der Waals surface area contributed by atoms with Crippen LogP contribution in [0.15, 0.2) is 180 Å². The van der Waals surface area contributed by atoms with Crippen LogP contribution in [0.25, 0.3) is 10.9 Å². The number of carbonyl (C=O) groups is 1.